The number of hydrogen-bond acceptors (Lipinski definition) is 4. The first kappa shape index (κ1) is 19.6. The molecule has 1 atom stereocenters. The Kier molecular flexibility index (Phi) is 5.92. The van der Waals surface area contributed by atoms with Gasteiger partial charge in [-0.05, 0) is 29.7 Å². The van der Waals surface area contributed by atoms with Gasteiger partial charge in [0.15, 0.2) is 0 Å². The summed E-state index contributed by atoms with van der Waals surface area (Å²) >= 11 is 0. The number of para-hydroxylation sites is 2. The molecule has 1 aliphatic heterocycles. The first-order chi connectivity index (χ1) is 14.1. The number of aliphatic hydroxyl groups excluding tert-OH is 1. The van der Waals surface area contributed by atoms with E-state index in [2.05, 4.69) is 39.1 Å². The highest BCUT2D eigenvalue weighted by molar-refractivity contribution is 5.77. The molecule has 1 aromatic heterocycles. The number of aromatic amines is 1. The molecule has 3 aromatic rings. The molecule has 6 nitrogen and oxygen atoms in total. The van der Waals surface area contributed by atoms with Gasteiger partial charge in [0.2, 0.25) is 5.91 Å². The number of H-pyrrole nitrogens is 1. The Morgan fingerprint density at radius 3 is 2.79 bits per heavy atom. The molecule has 0 spiro atoms. The number of carbonyl (C=O) groups excluding carboxylic acids is 1. The lowest BCUT2D eigenvalue weighted by molar-refractivity contribution is -0.131. The number of likely N-dealkylation sites (N-methyl/N-ethyl adjacent to an activating group) is 1. The van der Waals surface area contributed by atoms with Crippen LogP contribution in [0, 0.1) is 0 Å². The molecule has 2 heterocycles. The summed E-state index contributed by atoms with van der Waals surface area (Å²) in [6.07, 6.45) is 1.40. The number of rotatable bonds is 7. The second-order valence-electron chi connectivity index (χ2n) is 7.88. The molecule has 6 heteroatoms. The van der Waals surface area contributed by atoms with E-state index in [1.807, 2.05) is 24.3 Å². The van der Waals surface area contributed by atoms with Crippen molar-refractivity contribution in [3.8, 4) is 0 Å². The third-order valence-corrected chi connectivity index (χ3v) is 5.60. The standard InChI is InChI=1S/C23H28N4O2/c1-26(23(29)11-10-22-24-20-8-4-5-9-21(20)25-22)15-19(28)16-27-13-12-17-6-2-3-7-18(17)14-27/h2-9,19,28H,10-16H2,1H3,(H,24,25)/t19-/m1/s1. The molecule has 2 N–H and O–H groups in total. The van der Waals surface area contributed by atoms with Crippen LogP contribution >= 0.6 is 0 Å². The topological polar surface area (TPSA) is 72.5 Å². The van der Waals surface area contributed by atoms with Gasteiger partial charge >= 0.3 is 0 Å². The number of aliphatic hydroxyl groups is 1. The van der Waals surface area contributed by atoms with Gasteiger partial charge in [-0.2, -0.15) is 0 Å². The van der Waals surface area contributed by atoms with Gasteiger partial charge in [0.05, 0.1) is 17.1 Å². The van der Waals surface area contributed by atoms with Gasteiger partial charge in [-0.1, -0.05) is 36.4 Å². The van der Waals surface area contributed by atoms with E-state index in [1.165, 1.54) is 11.1 Å². The molecule has 4 rings (SSSR count). The highest BCUT2D eigenvalue weighted by Gasteiger charge is 2.20. The van der Waals surface area contributed by atoms with Crippen LogP contribution in [0.4, 0.5) is 0 Å². The van der Waals surface area contributed by atoms with Crippen molar-refractivity contribution in [2.45, 2.75) is 31.9 Å². The van der Waals surface area contributed by atoms with E-state index in [0.29, 0.717) is 25.9 Å². The number of hydrogen-bond donors (Lipinski definition) is 2. The van der Waals surface area contributed by atoms with Crippen molar-refractivity contribution in [3.05, 3.63) is 65.5 Å². The predicted octanol–water partition coefficient (Wildman–Crippen LogP) is 2.37. The quantitative estimate of drug-likeness (QED) is 0.648. The zero-order valence-electron chi connectivity index (χ0n) is 16.8. The average Bonchev–Trinajstić information content (AvgIpc) is 3.14. The molecule has 2 aromatic carbocycles. The van der Waals surface area contributed by atoms with Crippen LogP contribution in [-0.4, -0.2) is 63.6 Å². The Bertz CT molecular complexity index is 951. The maximum absolute atomic E-state index is 12.5. The summed E-state index contributed by atoms with van der Waals surface area (Å²) in [5.74, 6) is 0.842. The van der Waals surface area contributed by atoms with Crippen molar-refractivity contribution in [3.63, 3.8) is 0 Å². The van der Waals surface area contributed by atoms with E-state index in [1.54, 1.807) is 11.9 Å². The summed E-state index contributed by atoms with van der Waals surface area (Å²) in [7, 11) is 1.76. The Balaban J connectivity index is 1.24. The molecule has 0 fully saturated rings. The van der Waals surface area contributed by atoms with Crippen molar-refractivity contribution in [1.29, 1.82) is 0 Å². The van der Waals surface area contributed by atoms with Gasteiger partial charge in [-0.3, -0.25) is 9.69 Å². The third kappa shape index (κ3) is 4.83. The Hall–Kier alpha value is -2.70. The number of nitrogens with zero attached hydrogens (tertiary/aromatic N) is 3. The van der Waals surface area contributed by atoms with Gasteiger partial charge in [0.25, 0.3) is 0 Å². The molecule has 0 radical (unpaired) electrons. The number of nitrogens with one attached hydrogen (secondary N) is 1. The van der Waals surface area contributed by atoms with E-state index in [9.17, 15) is 9.90 Å². The van der Waals surface area contributed by atoms with Crippen molar-refractivity contribution in [1.82, 2.24) is 19.8 Å². The molecule has 152 valence electrons. The third-order valence-electron chi connectivity index (χ3n) is 5.60. The fraction of sp³-hybridized carbons (Fsp3) is 0.391. The minimum absolute atomic E-state index is 0.0218. The largest absolute Gasteiger partial charge is 0.390 e. The minimum atomic E-state index is -0.555. The smallest absolute Gasteiger partial charge is 0.222 e. The molecule has 0 saturated heterocycles. The number of carbonyl (C=O) groups is 1. The lowest BCUT2D eigenvalue weighted by atomic mass is 10.00. The molecule has 0 saturated carbocycles. The maximum atomic E-state index is 12.5. The summed E-state index contributed by atoms with van der Waals surface area (Å²) in [4.78, 5) is 24.1. The molecule has 0 bridgehead atoms. The summed E-state index contributed by atoms with van der Waals surface area (Å²) < 4.78 is 0. The van der Waals surface area contributed by atoms with Crippen LogP contribution in [-0.2, 0) is 24.2 Å². The lowest BCUT2D eigenvalue weighted by Crippen LogP contribution is -2.42. The van der Waals surface area contributed by atoms with Gasteiger partial charge in [0, 0.05) is 46.1 Å². The molecule has 0 unspecified atom stereocenters. The zero-order chi connectivity index (χ0) is 20.2. The van der Waals surface area contributed by atoms with Crippen molar-refractivity contribution in [2.24, 2.45) is 0 Å². The van der Waals surface area contributed by atoms with Crippen LogP contribution in [0.1, 0.15) is 23.4 Å². The number of β-amino-alcohol motifs (C(OH)–C–C–N with tert-alkyl or cyclic N) is 1. The second-order valence-corrected chi connectivity index (χ2v) is 7.88. The van der Waals surface area contributed by atoms with Crippen molar-refractivity contribution in [2.75, 3.05) is 26.7 Å². The molecule has 29 heavy (non-hydrogen) atoms. The Labute approximate surface area is 171 Å². The van der Waals surface area contributed by atoms with Crippen LogP contribution in [0.3, 0.4) is 0 Å². The summed E-state index contributed by atoms with van der Waals surface area (Å²) in [6, 6.07) is 16.3. The monoisotopic (exact) mass is 392 g/mol. The van der Waals surface area contributed by atoms with Crippen LogP contribution < -0.4 is 0 Å². The first-order valence-corrected chi connectivity index (χ1v) is 10.2. The van der Waals surface area contributed by atoms with E-state index in [4.69, 9.17) is 0 Å². The second kappa shape index (κ2) is 8.76. The fourth-order valence-electron chi connectivity index (χ4n) is 4.02. The van der Waals surface area contributed by atoms with Crippen LogP contribution in [0.2, 0.25) is 0 Å². The summed E-state index contributed by atoms with van der Waals surface area (Å²) in [5, 5.41) is 10.5. The van der Waals surface area contributed by atoms with Crippen LogP contribution in [0.25, 0.3) is 11.0 Å². The fourth-order valence-corrected chi connectivity index (χ4v) is 4.02. The molecular weight excluding hydrogens is 364 g/mol. The number of amides is 1. The average molecular weight is 393 g/mol. The number of benzene rings is 2. The molecule has 0 aliphatic carbocycles. The van der Waals surface area contributed by atoms with E-state index in [0.717, 1.165) is 36.4 Å². The van der Waals surface area contributed by atoms with Gasteiger partial charge in [-0.15, -0.1) is 0 Å². The number of aryl methyl sites for hydroxylation is 1. The van der Waals surface area contributed by atoms with Crippen molar-refractivity contribution >= 4 is 16.9 Å². The van der Waals surface area contributed by atoms with Crippen LogP contribution in [0.15, 0.2) is 48.5 Å². The Morgan fingerprint density at radius 1 is 1.21 bits per heavy atom. The number of aromatic nitrogens is 2. The number of imidazole rings is 1. The van der Waals surface area contributed by atoms with Gasteiger partial charge < -0.3 is 15.0 Å². The summed E-state index contributed by atoms with van der Waals surface area (Å²) in [5.41, 5.74) is 4.64. The van der Waals surface area contributed by atoms with Crippen molar-refractivity contribution < 1.29 is 9.90 Å². The predicted molar refractivity (Wildman–Crippen MR) is 113 cm³/mol. The van der Waals surface area contributed by atoms with Crippen LogP contribution in [0.5, 0.6) is 0 Å². The van der Waals surface area contributed by atoms with E-state index in [-0.39, 0.29) is 5.91 Å². The normalized spacial score (nSPS) is 15.2. The minimum Gasteiger partial charge on any atom is -0.390 e. The Morgan fingerprint density at radius 2 is 1.97 bits per heavy atom. The highest BCUT2D eigenvalue weighted by Crippen LogP contribution is 2.18. The van der Waals surface area contributed by atoms with E-state index < -0.39 is 6.10 Å². The van der Waals surface area contributed by atoms with Gasteiger partial charge in [-0.25, -0.2) is 4.98 Å². The number of fused-ring (bicyclic) bond motifs is 2. The first-order valence-electron chi connectivity index (χ1n) is 10.2. The van der Waals surface area contributed by atoms with E-state index >= 15 is 0 Å². The summed E-state index contributed by atoms with van der Waals surface area (Å²) in [6.45, 7) is 2.72. The molecule has 1 amide bonds. The van der Waals surface area contributed by atoms with Gasteiger partial charge in [0.1, 0.15) is 5.82 Å². The molecular formula is C23H28N4O2. The lowest BCUT2D eigenvalue weighted by Gasteiger charge is -2.31. The SMILES string of the molecule is CN(C[C@@H](O)CN1CCc2ccccc2C1)C(=O)CCc1nc2ccccc2[nH]1. The highest BCUT2D eigenvalue weighted by atomic mass is 16.3. The zero-order valence-corrected chi connectivity index (χ0v) is 16.8. The molecule has 1 aliphatic rings. The maximum Gasteiger partial charge on any atom is 0.222 e.